The number of anilines is 1. The Bertz CT molecular complexity index is 1170. The standard InChI is InChI=1S/C26H23N3O5/c1-2-33-22-15-11-21(12-16-22)28-25(31)26(32)29-27-18-20-8-13-23(14-9-20)34-24(30)17-10-19-6-4-3-5-7-19/h3-18H,2H2,1H3,(H,28,31)(H,29,32)/b17-10+,27-18+. The third kappa shape index (κ3) is 7.76. The summed E-state index contributed by atoms with van der Waals surface area (Å²) >= 11 is 0. The van der Waals surface area contributed by atoms with Crippen LogP contribution in [0, 0.1) is 0 Å². The maximum Gasteiger partial charge on any atom is 0.336 e. The van der Waals surface area contributed by atoms with Gasteiger partial charge in [0.25, 0.3) is 0 Å². The molecule has 0 radical (unpaired) electrons. The highest BCUT2D eigenvalue weighted by atomic mass is 16.5. The second-order valence-electron chi connectivity index (χ2n) is 6.84. The summed E-state index contributed by atoms with van der Waals surface area (Å²) in [6, 6.07) is 22.5. The van der Waals surface area contributed by atoms with Crippen molar-refractivity contribution in [2.24, 2.45) is 5.10 Å². The quantitative estimate of drug-likeness (QED) is 0.134. The summed E-state index contributed by atoms with van der Waals surface area (Å²) < 4.78 is 10.6. The van der Waals surface area contributed by atoms with Crippen LogP contribution in [0.2, 0.25) is 0 Å². The number of nitrogens with zero attached hydrogens (tertiary/aromatic N) is 1. The number of amides is 2. The molecule has 0 saturated heterocycles. The van der Waals surface area contributed by atoms with Gasteiger partial charge in [0.05, 0.1) is 12.8 Å². The van der Waals surface area contributed by atoms with Crippen LogP contribution in [0.3, 0.4) is 0 Å². The van der Waals surface area contributed by atoms with Crippen LogP contribution in [0.25, 0.3) is 6.08 Å². The van der Waals surface area contributed by atoms with Crippen molar-refractivity contribution < 1.29 is 23.9 Å². The van der Waals surface area contributed by atoms with Gasteiger partial charge < -0.3 is 14.8 Å². The van der Waals surface area contributed by atoms with E-state index in [4.69, 9.17) is 9.47 Å². The third-order valence-electron chi connectivity index (χ3n) is 4.32. The largest absolute Gasteiger partial charge is 0.494 e. The molecule has 8 heteroatoms. The summed E-state index contributed by atoms with van der Waals surface area (Å²) in [5, 5.41) is 6.24. The van der Waals surface area contributed by atoms with Gasteiger partial charge in [0.2, 0.25) is 0 Å². The second kappa shape index (κ2) is 12.4. The van der Waals surface area contributed by atoms with Crippen molar-refractivity contribution in [1.82, 2.24) is 5.43 Å². The van der Waals surface area contributed by atoms with Crippen LogP contribution in [-0.2, 0) is 14.4 Å². The minimum Gasteiger partial charge on any atom is -0.494 e. The van der Waals surface area contributed by atoms with Crippen LogP contribution < -0.4 is 20.2 Å². The van der Waals surface area contributed by atoms with Gasteiger partial charge in [-0.05, 0) is 72.7 Å². The van der Waals surface area contributed by atoms with E-state index in [1.54, 1.807) is 54.6 Å². The fraction of sp³-hybridized carbons (Fsp3) is 0.0769. The third-order valence-corrected chi connectivity index (χ3v) is 4.32. The minimum atomic E-state index is -0.916. The van der Waals surface area contributed by atoms with E-state index >= 15 is 0 Å². The monoisotopic (exact) mass is 457 g/mol. The number of rotatable bonds is 8. The number of hydrogen-bond donors (Lipinski definition) is 2. The van der Waals surface area contributed by atoms with Gasteiger partial charge >= 0.3 is 17.8 Å². The molecule has 34 heavy (non-hydrogen) atoms. The molecule has 0 saturated carbocycles. The molecule has 0 bridgehead atoms. The van der Waals surface area contributed by atoms with E-state index in [0.717, 1.165) is 5.56 Å². The van der Waals surface area contributed by atoms with Gasteiger partial charge in [0, 0.05) is 11.8 Å². The smallest absolute Gasteiger partial charge is 0.336 e. The molecule has 0 fully saturated rings. The molecule has 3 aromatic rings. The van der Waals surface area contributed by atoms with Gasteiger partial charge in [0.15, 0.2) is 0 Å². The van der Waals surface area contributed by atoms with Gasteiger partial charge in [-0.3, -0.25) is 9.59 Å². The average molecular weight is 457 g/mol. The van der Waals surface area contributed by atoms with Crippen molar-refractivity contribution in [3.63, 3.8) is 0 Å². The number of hydrazone groups is 1. The van der Waals surface area contributed by atoms with E-state index in [2.05, 4.69) is 15.8 Å². The van der Waals surface area contributed by atoms with Crippen molar-refractivity contribution in [3.8, 4) is 11.5 Å². The molecular formula is C26H23N3O5. The van der Waals surface area contributed by atoms with Crippen molar-refractivity contribution in [3.05, 3.63) is 96.1 Å². The van der Waals surface area contributed by atoms with Gasteiger partial charge in [-0.2, -0.15) is 5.10 Å². The van der Waals surface area contributed by atoms with E-state index in [0.29, 0.717) is 29.4 Å². The molecule has 2 amide bonds. The van der Waals surface area contributed by atoms with Gasteiger partial charge in [0.1, 0.15) is 11.5 Å². The molecule has 3 rings (SSSR count). The molecule has 0 unspecified atom stereocenters. The first-order valence-corrected chi connectivity index (χ1v) is 10.5. The van der Waals surface area contributed by atoms with E-state index in [9.17, 15) is 14.4 Å². The minimum absolute atomic E-state index is 0.360. The Kier molecular flexibility index (Phi) is 8.69. The van der Waals surface area contributed by atoms with Crippen molar-refractivity contribution in [2.75, 3.05) is 11.9 Å². The van der Waals surface area contributed by atoms with Crippen LogP contribution in [0.15, 0.2) is 90.0 Å². The first-order valence-electron chi connectivity index (χ1n) is 10.5. The summed E-state index contributed by atoms with van der Waals surface area (Å²) in [4.78, 5) is 35.8. The Hall–Kier alpha value is -4.72. The highest BCUT2D eigenvalue weighted by Crippen LogP contribution is 2.15. The number of ether oxygens (including phenoxy) is 2. The summed E-state index contributed by atoms with van der Waals surface area (Å²) in [6.45, 7) is 2.40. The molecule has 0 aliphatic heterocycles. The van der Waals surface area contributed by atoms with Gasteiger partial charge in [-0.1, -0.05) is 30.3 Å². The first-order chi connectivity index (χ1) is 16.5. The van der Waals surface area contributed by atoms with Crippen molar-refractivity contribution >= 4 is 35.8 Å². The lowest BCUT2D eigenvalue weighted by atomic mass is 10.2. The highest BCUT2D eigenvalue weighted by molar-refractivity contribution is 6.39. The molecule has 2 N–H and O–H groups in total. The summed E-state index contributed by atoms with van der Waals surface area (Å²) in [7, 11) is 0. The molecule has 0 heterocycles. The topological polar surface area (TPSA) is 106 Å². The van der Waals surface area contributed by atoms with Crippen LogP contribution in [0.4, 0.5) is 5.69 Å². The second-order valence-corrected chi connectivity index (χ2v) is 6.84. The van der Waals surface area contributed by atoms with Crippen LogP contribution in [-0.4, -0.2) is 30.6 Å². The van der Waals surface area contributed by atoms with Gasteiger partial charge in [-0.25, -0.2) is 10.2 Å². The number of carbonyl (C=O) groups is 3. The average Bonchev–Trinajstić information content (AvgIpc) is 2.86. The number of nitrogens with one attached hydrogen (secondary N) is 2. The maximum atomic E-state index is 12.0. The molecular weight excluding hydrogens is 434 g/mol. The predicted molar refractivity (Wildman–Crippen MR) is 130 cm³/mol. The molecule has 3 aromatic carbocycles. The fourth-order valence-corrected chi connectivity index (χ4v) is 2.71. The lowest BCUT2D eigenvalue weighted by molar-refractivity contribution is -0.136. The number of benzene rings is 3. The van der Waals surface area contributed by atoms with E-state index < -0.39 is 17.8 Å². The highest BCUT2D eigenvalue weighted by Gasteiger charge is 2.12. The van der Waals surface area contributed by atoms with E-state index in [1.807, 2.05) is 37.3 Å². The van der Waals surface area contributed by atoms with Gasteiger partial charge in [-0.15, -0.1) is 0 Å². The summed E-state index contributed by atoms with van der Waals surface area (Å²) in [6.07, 6.45) is 4.37. The normalized spacial score (nSPS) is 10.7. The summed E-state index contributed by atoms with van der Waals surface area (Å²) in [5.41, 5.74) is 4.14. The van der Waals surface area contributed by atoms with Crippen molar-refractivity contribution in [1.29, 1.82) is 0 Å². The molecule has 8 nitrogen and oxygen atoms in total. The zero-order valence-electron chi connectivity index (χ0n) is 18.4. The summed E-state index contributed by atoms with van der Waals surface area (Å²) in [5.74, 6) is -1.25. The van der Waals surface area contributed by atoms with E-state index in [-0.39, 0.29) is 0 Å². The number of esters is 1. The molecule has 0 spiro atoms. The molecule has 172 valence electrons. The fourth-order valence-electron chi connectivity index (χ4n) is 2.71. The molecule has 0 atom stereocenters. The zero-order chi connectivity index (χ0) is 24.2. The molecule has 0 aliphatic carbocycles. The van der Waals surface area contributed by atoms with Crippen LogP contribution in [0.1, 0.15) is 18.1 Å². The Labute approximate surface area is 196 Å². The lowest BCUT2D eigenvalue weighted by Gasteiger charge is -2.06. The molecule has 0 aromatic heterocycles. The van der Waals surface area contributed by atoms with Crippen molar-refractivity contribution in [2.45, 2.75) is 6.92 Å². The molecule has 0 aliphatic rings. The SMILES string of the molecule is CCOc1ccc(NC(=O)C(=O)N/N=C/c2ccc(OC(=O)/C=C/c3ccccc3)cc2)cc1. The van der Waals surface area contributed by atoms with Crippen LogP contribution in [0.5, 0.6) is 11.5 Å². The predicted octanol–water partition coefficient (Wildman–Crippen LogP) is 3.79. The Morgan fingerprint density at radius 2 is 1.50 bits per heavy atom. The Balaban J connectivity index is 1.45. The number of carbonyl (C=O) groups excluding carboxylic acids is 3. The Morgan fingerprint density at radius 1 is 0.824 bits per heavy atom. The number of hydrogen-bond acceptors (Lipinski definition) is 6. The lowest BCUT2D eigenvalue weighted by Crippen LogP contribution is -2.32. The first kappa shape index (κ1) is 23.9. The van der Waals surface area contributed by atoms with E-state index in [1.165, 1.54) is 12.3 Å². The maximum absolute atomic E-state index is 12.0. The zero-order valence-corrected chi connectivity index (χ0v) is 18.4. The Morgan fingerprint density at radius 3 is 2.18 bits per heavy atom. The van der Waals surface area contributed by atoms with Crippen LogP contribution >= 0.6 is 0 Å².